The highest BCUT2D eigenvalue weighted by molar-refractivity contribution is 7.13. The molecule has 0 radical (unpaired) electrons. The Labute approximate surface area is 193 Å². The van der Waals surface area contributed by atoms with Crippen LogP contribution in [0.5, 0.6) is 0 Å². The van der Waals surface area contributed by atoms with Crippen LogP contribution in [0.25, 0.3) is 21.8 Å². The third-order valence-corrected chi connectivity index (χ3v) is 7.42. The molecule has 1 N–H and O–H groups in total. The molecule has 1 aliphatic rings. The predicted molar refractivity (Wildman–Crippen MR) is 132 cm³/mol. The highest BCUT2D eigenvalue weighted by Crippen LogP contribution is 2.35. The van der Waals surface area contributed by atoms with E-state index in [0.29, 0.717) is 5.02 Å². The third-order valence-electron chi connectivity index (χ3n) is 6.22. The van der Waals surface area contributed by atoms with E-state index in [4.69, 9.17) is 16.6 Å². The Morgan fingerprint density at radius 2 is 1.94 bits per heavy atom. The summed E-state index contributed by atoms with van der Waals surface area (Å²) >= 11 is 7.90. The summed E-state index contributed by atoms with van der Waals surface area (Å²) in [6.45, 7) is 2.25. The average molecular weight is 453 g/mol. The number of carbonyl (C=O) groups excluding carboxylic acids is 1. The van der Waals surface area contributed by atoms with Crippen LogP contribution < -0.4 is 5.32 Å². The Morgan fingerprint density at radius 1 is 1.13 bits per heavy atom. The highest BCUT2D eigenvalue weighted by atomic mass is 35.5. The first-order valence-electron chi connectivity index (χ1n) is 11.3. The zero-order valence-electron chi connectivity index (χ0n) is 17.9. The van der Waals surface area contributed by atoms with Crippen molar-refractivity contribution in [1.29, 1.82) is 0 Å². The van der Waals surface area contributed by atoms with Crippen LogP contribution in [0.2, 0.25) is 5.02 Å². The molecule has 1 heterocycles. The Morgan fingerprint density at radius 3 is 2.71 bits per heavy atom. The van der Waals surface area contributed by atoms with Crippen LogP contribution in [-0.2, 0) is 4.79 Å². The minimum Gasteiger partial charge on any atom is -0.326 e. The lowest BCUT2D eigenvalue weighted by atomic mass is 9.79. The number of anilines is 1. The number of amides is 1. The molecule has 1 saturated carbocycles. The molecule has 1 fully saturated rings. The number of rotatable bonds is 7. The standard InChI is InChI=1S/C26H29ClN2OS/c1-2-3-7-18-12-14-19(15-13-18)25(30)28-21-9-6-8-20(16-21)24-17-31-26(29-24)22-10-4-5-11-23(22)27/h4-6,8-11,16-19H,2-3,7,12-15H2,1H3,(H,28,30). The first-order valence-corrected chi connectivity index (χ1v) is 12.5. The van der Waals surface area contributed by atoms with Crippen LogP contribution in [-0.4, -0.2) is 10.9 Å². The Kier molecular flexibility index (Phi) is 7.41. The van der Waals surface area contributed by atoms with Crippen LogP contribution >= 0.6 is 22.9 Å². The molecule has 4 rings (SSSR count). The second kappa shape index (κ2) is 10.4. The van der Waals surface area contributed by atoms with E-state index in [1.807, 2.05) is 53.9 Å². The number of nitrogens with zero attached hydrogens (tertiary/aromatic N) is 1. The van der Waals surface area contributed by atoms with Gasteiger partial charge in [0, 0.05) is 28.1 Å². The third kappa shape index (κ3) is 5.55. The van der Waals surface area contributed by atoms with Gasteiger partial charge in [-0.15, -0.1) is 11.3 Å². The molecule has 0 atom stereocenters. The van der Waals surface area contributed by atoms with Crippen molar-refractivity contribution in [3.63, 3.8) is 0 Å². The number of hydrogen-bond acceptors (Lipinski definition) is 3. The number of aromatic nitrogens is 1. The Bertz CT molecular complexity index is 1020. The molecule has 0 spiro atoms. The summed E-state index contributed by atoms with van der Waals surface area (Å²) in [5.41, 5.74) is 3.67. The number of nitrogens with one attached hydrogen (secondary N) is 1. The minimum atomic E-state index is 0.132. The van der Waals surface area contributed by atoms with Crippen molar-refractivity contribution >= 4 is 34.5 Å². The van der Waals surface area contributed by atoms with E-state index in [1.54, 1.807) is 11.3 Å². The van der Waals surface area contributed by atoms with E-state index in [2.05, 4.69) is 12.2 Å². The van der Waals surface area contributed by atoms with Crippen molar-refractivity contribution in [3.05, 3.63) is 58.9 Å². The number of benzene rings is 2. The second-order valence-electron chi connectivity index (χ2n) is 8.45. The molecule has 1 aromatic heterocycles. The first-order chi connectivity index (χ1) is 15.1. The van der Waals surface area contributed by atoms with Crippen molar-refractivity contribution in [2.75, 3.05) is 5.32 Å². The fourth-order valence-electron chi connectivity index (χ4n) is 4.37. The topological polar surface area (TPSA) is 42.0 Å². The first kappa shape index (κ1) is 22.0. The van der Waals surface area contributed by atoms with Gasteiger partial charge in [-0.3, -0.25) is 4.79 Å². The SMILES string of the molecule is CCCCC1CCC(C(=O)Nc2cccc(-c3csc(-c4ccccc4Cl)n3)c2)CC1. The second-order valence-corrected chi connectivity index (χ2v) is 9.71. The van der Waals surface area contributed by atoms with Gasteiger partial charge in [-0.05, 0) is 49.8 Å². The largest absolute Gasteiger partial charge is 0.326 e. The number of unbranched alkanes of at least 4 members (excludes halogenated alkanes) is 1. The number of thiazole rings is 1. The lowest BCUT2D eigenvalue weighted by Crippen LogP contribution is -2.27. The van der Waals surface area contributed by atoms with Crippen molar-refractivity contribution in [3.8, 4) is 21.8 Å². The van der Waals surface area contributed by atoms with Gasteiger partial charge in [-0.1, -0.05) is 68.1 Å². The van der Waals surface area contributed by atoms with Gasteiger partial charge in [-0.2, -0.15) is 0 Å². The maximum absolute atomic E-state index is 12.8. The van der Waals surface area contributed by atoms with E-state index in [1.165, 1.54) is 32.1 Å². The summed E-state index contributed by atoms with van der Waals surface area (Å²) in [5, 5.41) is 6.78. The van der Waals surface area contributed by atoms with Crippen LogP contribution in [0.1, 0.15) is 51.9 Å². The van der Waals surface area contributed by atoms with Gasteiger partial charge in [0.15, 0.2) is 0 Å². The van der Waals surface area contributed by atoms with Gasteiger partial charge in [0.05, 0.1) is 10.7 Å². The minimum absolute atomic E-state index is 0.132. The number of halogens is 1. The fourth-order valence-corrected chi connectivity index (χ4v) is 5.52. The summed E-state index contributed by atoms with van der Waals surface area (Å²) in [6, 6.07) is 15.7. The lowest BCUT2D eigenvalue weighted by molar-refractivity contribution is -0.121. The van der Waals surface area contributed by atoms with Gasteiger partial charge in [0.2, 0.25) is 5.91 Å². The average Bonchev–Trinajstić information content (AvgIpc) is 3.28. The summed E-state index contributed by atoms with van der Waals surface area (Å²) in [6.07, 6.45) is 8.26. The maximum atomic E-state index is 12.8. The molecule has 162 valence electrons. The Hall–Kier alpha value is -2.17. The molecule has 0 bridgehead atoms. The van der Waals surface area contributed by atoms with E-state index in [0.717, 1.165) is 46.3 Å². The van der Waals surface area contributed by atoms with E-state index in [-0.39, 0.29) is 11.8 Å². The zero-order valence-corrected chi connectivity index (χ0v) is 19.5. The summed E-state index contributed by atoms with van der Waals surface area (Å²) < 4.78 is 0. The molecule has 2 aromatic carbocycles. The molecule has 5 heteroatoms. The maximum Gasteiger partial charge on any atom is 0.227 e. The fraction of sp³-hybridized carbons (Fsp3) is 0.385. The van der Waals surface area contributed by atoms with Crippen molar-refractivity contribution in [2.45, 2.75) is 51.9 Å². The molecule has 0 aliphatic heterocycles. The smallest absolute Gasteiger partial charge is 0.227 e. The molecule has 1 aliphatic carbocycles. The molecular formula is C26H29ClN2OS. The molecule has 1 amide bonds. The van der Waals surface area contributed by atoms with Crippen LogP contribution in [0, 0.1) is 11.8 Å². The molecule has 0 unspecified atom stereocenters. The van der Waals surface area contributed by atoms with Gasteiger partial charge < -0.3 is 5.32 Å². The van der Waals surface area contributed by atoms with E-state index >= 15 is 0 Å². The summed E-state index contributed by atoms with van der Waals surface area (Å²) in [4.78, 5) is 17.6. The van der Waals surface area contributed by atoms with Crippen molar-refractivity contribution < 1.29 is 4.79 Å². The molecule has 31 heavy (non-hydrogen) atoms. The number of hydrogen-bond donors (Lipinski definition) is 1. The Balaban J connectivity index is 1.40. The van der Waals surface area contributed by atoms with Crippen molar-refractivity contribution in [1.82, 2.24) is 4.98 Å². The van der Waals surface area contributed by atoms with Crippen LogP contribution in [0.3, 0.4) is 0 Å². The van der Waals surface area contributed by atoms with E-state index in [9.17, 15) is 4.79 Å². The lowest BCUT2D eigenvalue weighted by Gasteiger charge is -2.27. The van der Waals surface area contributed by atoms with Gasteiger partial charge >= 0.3 is 0 Å². The van der Waals surface area contributed by atoms with Gasteiger partial charge in [-0.25, -0.2) is 4.98 Å². The van der Waals surface area contributed by atoms with Crippen LogP contribution in [0.15, 0.2) is 53.9 Å². The van der Waals surface area contributed by atoms with Gasteiger partial charge in [0.25, 0.3) is 0 Å². The summed E-state index contributed by atoms with van der Waals surface area (Å²) in [7, 11) is 0. The van der Waals surface area contributed by atoms with Crippen molar-refractivity contribution in [2.24, 2.45) is 11.8 Å². The molecule has 3 nitrogen and oxygen atoms in total. The number of carbonyl (C=O) groups is 1. The van der Waals surface area contributed by atoms with Gasteiger partial charge in [0.1, 0.15) is 5.01 Å². The summed E-state index contributed by atoms with van der Waals surface area (Å²) in [5.74, 6) is 1.10. The zero-order chi connectivity index (χ0) is 21.6. The highest BCUT2D eigenvalue weighted by Gasteiger charge is 2.26. The predicted octanol–water partition coefficient (Wildman–Crippen LogP) is 8.07. The van der Waals surface area contributed by atoms with E-state index < -0.39 is 0 Å². The normalized spacial score (nSPS) is 18.6. The quantitative estimate of drug-likeness (QED) is 0.393. The monoisotopic (exact) mass is 452 g/mol. The molecular weight excluding hydrogens is 424 g/mol. The molecule has 0 saturated heterocycles. The van der Waals surface area contributed by atoms with Crippen LogP contribution in [0.4, 0.5) is 5.69 Å². The molecule has 3 aromatic rings.